The van der Waals surface area contributed by atoms with Crippen LogP contribution in [0.5, 0.6) is 0 Å². The number of esters is 1. The van der Waals surface area contributed by atoms with Crippen molar-refractivity contribution in [3.8, 4) is 0 Å². The quantitative estimate of drug-likeness (QED) is 0.260. The van der Waals surface area contributed by atoms with Gasteiger partial charge in [0.2, 0.25) is 0 Å². The van der Waals surface area contributed by atoms with Gasteiger partial charge < -0.3 is 9.84 Å². The Balaban J connectivity index is 2.41. The number of aliphatic imine (C=N–C) groups is 1. The van der Waals surface area contributed by atoms with Gasteiger partial charge in [-0.2, -0.15) is 8.75 Å². The molecule has 132 valence electrons. The first-order valence-electron chi connectivity index (χ1n) is 6.82. The van der Waals surface area contributed by atoms with Gasteiger partial charge in [0.05, 0.1) is 42.3 Å². The minimum Gasteiger partial charge on any atom is -0.506 e. The van der Waals surface area contributed by atoms with Gasteiger partial charge in [0.1, 0.15) is 16.5 Å². The molecule has 0 unspecified atom stereocenters. The largest absolute Gasteiger partial charge is 0.506 e. The molecule has 0 amide bonds. The molecule has 0 fully saturated rings. The number of aromatic nitrogens is 3. The van der Waals surface area contributed by atoms with Crippen molar-refractivity contribution in [3.05, 3.63) is 45.2 Å². The minimum absolute atomic E-state index is 0.0699. The van der Waals surface area contributed by atoms with E-state index in [9.17, 15) is 14.3 Å². The first-order valence-corrected chi connectivity index (χ1v) is 8.31. The van der Waals surface area contributed by atoms with E-state index < -0.39 is 22.7 Å². The highest BCUT2D eigenvalue weighted by atomic mass is 35.5. The maximum atomic E-state index is 13.6. The second-order valence-electron chi connectivity index (χ2n) is 4.45. The van der Waals surface area contributed by atoms with Gasteiger partial charge in [-0.3, -0.25) is 4.99 Å². The highest BCUT2D eigenvalue weighted by Gasteiger charge is 2.20. The Hall–Kier alpha value is -2.10. The lowest BCUT2D eigenvalue weighted by atomic mass is 10.1. The van der Waals surface area contributed by atoms with Crippen LogP contribution in [0.1, 0.15) is 18.2 Å². The molecule has 0 aliphatic heterocycles. The third kappa shape index (κ3) is 4.94. The molecule has 0 spiro atoms. The van der Waals surface area contributed by atoms with Crippen LogP contribution in [0, 0.1) is 5.82 Å². The van der Waals surface area contributed by atoms with Crippen LogP contribution >= 0.6 is 34.9 Å². The average molecular weight is 405 g/mol. The predicted molar refractivity (Wildman–Crippen MR) is 92.5 cm³/mol. The maximum absolute atomic E-state index is 13.6. The number of aliphatic hydroxyl groups is 1. The molecule has 0 radical (unpaired) electrons. The Bertz CT molecular complexity index is 828. The Morgan fingerprint density at radius 3 is 2.88 bits per heavy atom. The van der Waals surface area contributed by atoms with Gasteiger partial charge >= 0.3 is 5.97 Å². The number of ether oxygens (including phenoxy) is 1. The van der Waals surface area contributed by atoms with Gasteiger partial charge in [0, 0.05) is 6.21 Å². The van der Waals surface area contributed by atoms with Crippen LogP contribution < -0.4 is 0 Å². The first kappa shape index (κ1) is 19.2. The molecule has 2 aromatic rings. The van der Waals surface area contributed by atoms with E-state index in [0.717, 1.165) is 24.0 Å². The van der Waals surface area contributed by atoms with Gasteiger partial charge in [-0.1, -0.05) is 23.2 Å². The summed E-state index contributed by atoms with van der Waals surface area (Å²) < 4.78 is 26.3. The number of hydrogen-bond acceptors (Lipinski definition) is 8. The number of pyridine rings is 1. The van der Waals surface area contributed by atoms with E-state index in [2.05, 4.69) is 18.7 Å². The van der Waals surface area contributed by atoms with Crippen LogP contribution in [0.15, 0.2) is 22.8 Å². The summed E-state index contributed by atoms with van der Waals surface area (Å²) in [6, 6.07) is 0.865. The molecule has 0 atom stereocenters. The molecule has 0 saturated heterocycles. The summed E-state index contributed by atoms with van der Waals surface area (Å²) in [5.74, 6) is -2.39. The first-order chi connectivity index (χ1) is 11.9. The van der Waals surface area contributed by atoms with E-state index in [1.54, 1.807) is 6.92 Å². The van der Waals surface area contributed by atoms with Crippen molar-refractivity contribution in [1.82, 2.24) is 13.7 Å². The van der Waals surface area contributed by atoms with Crippen LogP contribution in [-0.2, 0) is 16.1 Å². The molecular weight excluding hydrogens is 394 g/mol. The molecular formula is C14H11Cl2FN4O3S. The number of halogens is 3. The SMILES string of the molecule is CCOC(=O)C(C=NCc1cnsn1)=C(O)c1cc(F)c(Cl)nc1Cl. The van der Waals surface area contributed by atoms with Crippen LogP contribution in [0.2, 0.25) is 10.3 Å². The predicted octanol–water partition coefficient (Wildman–Crippen LogP) is 3.48. The number of aliphatic hydroxyl groups excluding tert-OH is 1. The lowest BCUT2D eigenvalue weighted by Crippen LogP contribution is -2.12. The van der Waals surface area contributed by atoms with Crippen LogP contribution in [0.3, 0.4) is 0 Å². The molecule has 0 bridgehead atoms. The molecule has 0 aromatic carbocycles. The Morgan fingerprint density at radius 2 is 2.24 bits per heavy atom. The highest BCUT2D eigenvalue weighted by Crippen LogP contribution is 2.27. The van der Waals surface area contributed by atoms with Gasteiger partial charge in [-0.15, -0.1) is 0 Å². The monoisotopic (exact) mass is 404 g/mol. The summed E-state index contributed by atoms with van der Waals surface area (Å²) in [7, 11) is 0. The molecule has 0 saturated carbocycles. The zero-order chi connectivity index (χ0) is 18.4. The smallest absolute Gasteiger partial charge is 0.343 e. The topological polar surface area (TPSA) is 97.6 Å². The summed E-state index contributed by atoms with van der Waals surface area (Å²) in [4.78, 5) is 19.6. The molecule has 1 N–H and O–H groups in total. The van der Waals surface area contributed by atoms with Crippen molar-refractivity contribution >= 4 is 52.9 Å². The van der Waals surface area contributed by atoms with Crippen molar-refractivity contribution in [2.75, 3.05) is 6.61 Å². The Kier molecular flexibility index (Phi) is 6.80. The molecule has 0 aliphatic rings. The summed E-state index contributed by atoms with van der Waals surface area (Å²) in [5.41, 5.74) is 0.0602. The zero-order valence-corrected chi connectivity index (χ0v) is 15.1. The van der Waals surface area contributed by atoms with Gasteiger partial charge in [0.15, 0.2) is 11.0 Å². The fourth-order valence-electron chi connectivity index (χ4n) is 1.66. The second kappa shape index (κ2) is 8.84. The number of carbonyl (C=O) groups is 1. The third-order valence-corrected chi connectivity index (χ3v) is 3.84. The molecule has 2 rings (SSSR count). The van der Waals surface area contributed by atoms with E-state index in [1.165, 1.54) is 6.20 Å². The molecule has 2 heterocycles. The lowest BCUT2D eigenvalue weighted by Gasteiger charge is -2.08. The molecule has 7 nitrogen and oxygen atoms in total. The van der Waals surface area contributed by atoms with Crippen molar-refractivity contribution in [2.45, 2.75) is 13.5 Å². The number of rotatable bonds is 6. The maximum Gasteiger partial charge on any atom is 0.343 e. The zero-order valence-electron chi connectivity index (χ0n) is 12.7. The van der Waals surface area contributed by atoms with Crippen molar-refractivity contribution in [3.63, 3.8) is 0 Å². The summed E-state index contributed by atoms with van der Waals surface area (Å²) >= 11 is 12.4. The fraction of sp³-hybridized carbons (Fsp3) is 0.214. The fourth-order valence-corrected chi connectivity index (χ4v) is 2.50. The second-order valence-corrected chi connectivity index (χ2v) is 5.72. The minimum atomic E-state index is -0.902. The van der Waals surface area contributed by atoms with Crippen LogP contribution in [0.4, 0.5) is 4.39 Å². The van der Waals surface area contributed by atoms with Gasteiger partial charge in [-0.25, -0.2) is 14.2 Å². The molecule has 2 aromatic heterocycles. The van der Waals surface area contributed by atoms with E-state index in [0.29, 0.717) is 5.69 Å². The number of hydrogen-bond donors (Lipinski definition) is 1. The Labute approximate surface area is 156 Å². The number of nitrogens with zero attached hydrogens (tertiary/aromatic N) is 4. The standard InChI is InChI=1S/C14H11Cl2FN4O3S/c1-2-24-14(23)9(6-18-4-7-5-19-25-21-7)11(22)8-3-10(17)13(16)20-12(8)15/h3,5-6,22H,2,4H2,1H3. The van der Waals surface area contributed by atoms with E-state index >= 15 is 0 Å². The summed E-state index contributed by atoms with van der Waals surface area (Å²) in [6.07, 6.45) is 2.61. The molecule has 0 aliphatic carbocycles. The molecule has 25 heavy (non-hydrogen) atoms. The van der Waals surface area contributed by atoms with Gasteiger partial charge in [0.25, 0.3) is 0 Å². The summed E-state index contributed by atoms with van der Waals surface area (Å²) in [6.45, 7) is 1.80. The van der Waals surface area contributed by atoms with Crippen LogP contribution in [0.25, 0.3) is 5.76 Å². The third-order valence-electron chi connectivity index (χ3n) is 2.77. The van der Waals surface area contributed by atoms with Crippen LogP contribution in [-0.4, -0.2) is 37.6 Å². The Morgan fingerprint density at radius 1 is 1.48 bits per heavy atom. The summed E-state index contributed by atoms with van der Waals surface area (Å²) in [5, 5.41) is 9.63. The average Bonchev–Trinajstić information content (AvgIpc) is 3.08. The molecule has 11 heteroatoms. The van der Waals surface area contributed by atoms with Crippen molar-refractivity contribution in [1.29, 1.82) is 0 Å². The highest BCUT2D eigenvalue weighted by molar-refractivity contribution is 6.99. The van der Waals surface area contributed by atoms with Crippen molar-refractivity contribution < 1.29 is 19.0 Å². The van der Waals surface area contributed by atoms with Gasteiger partial charge in [-0.05, 0) is 13.0 Å². The van der Waals surface area contributed by atoms with Crippen molar-refractivity contribution in [2.24, 2.45) is 4.99 Å². The van der Waals surface area contributed by atoms with E-state index in [4.69, 9.17) is 27.9 Å². The number of carbonyl (C=O) groups excluding carboxylic acids is 1. The normalized spacial score (nSPS) is 12.3. The van der Waals surface area contributed by atoms with E-state index in [1.807, 2.05) is 0 Å². The lowest BCUT2D eigenvalue weighted by molar-refractivity contribution is -0.137. The van der Waals surface area contributed by atoms with E-state index in [-0.39, 0.29) is 29.4 Å².